The summed E-state index contributed by atoms with van der Waals surface area (Å²) in [5.41, 5.74) is 6.52. The Morgan fingerprint density at radius 2 is 1.88 bits per heavy atom. The van der Waals surface area contributed by atoms with E-state index >= 15 is 0 Å². The van der Waals surface area contributed by atoms with Crippen LogP contribution >= 0.6 is 11.6 Å². The van der Waals surface area contributed by atoms with Crippen LogP contribution in [-0.2, 0) is 10.1 Å². The number of hydrogen-bond donors (Lipinski definition) is 2. The third kappa shape index (κ3) is 8.26. The Morgan fingerprint density at radius 3 is 2.33 bits per heavy atom. The molecule has 0 aliphatic rings. The Hall–Kier alpha value is -1.67. The Labute approximate surface area is 147 Å². The molecule has 1 heterocycles. The van der Waals surface area contributed by atoms with E-state index in [1.165, 1.54) is 12.1 Å². The monoisotopic (exact) mass is 372 g/mol. The molecule has 6 nitrogen and oxygen atoms in total. The number of halogens is 1. The molecule has 0 spiro atoms. The fourth-order valence-electron chi connectivity index (χ4n) is 1.52. The summed E-state index contributed by atoms with van der Waals surface area (Å²) in [6, 6.07) is 9.64. The average Bonchev–Trinajstić information content (AvgIpc) is 2.49. The number of rotatable bonds is 5. The highest BCUT2D eigenvalue weighted by Gasteiger charge is 2.06. The summed E-state index contributed by atoms with van der Waals surface area (Å²) in [5, 5.41) is 0.472. The highest BCUT2D eigenvalue weighted by Crippen LogP contribution is 2.12. The summed E-state index contributed by atoms with van der Waals surface area (Å²) in [7, 11) is -4.02. The molecule has 0 saturated heterocycles. The number of ether oxygens (including phenoxy) is 1. The smallest absolute Gasteiger partial charge is 0.294 e. The van der Waals surface area contributed by atoms with Crippen LogP contribution in [0.1, 0.15) is 18.9 Å². The predicted molar refractivity (Wildman–Crippen MR) is 94.0 cm³/mol. The van der Waals surface area contributed by atoms with Gasteiger partial charge in [0.05, 0.1) is 17.7 Å². The number of pyridine rings is 1. The van der Waals surface area contributed by atoms with E-state index in [0.29, 0.717) is 11.8 Å². The van der Waals surface area contributed by atoms with Crippen LogP contribution in [0.15, 0.2) is 47.5 Å². The molecule has 0 bridgehead atoms. The summed E-state index contributed by atoms with van der Waals surface area (Å²) < 4.78 is 34.9. The highest BCUT2D eigenvalue weighted by atomic mass is 35.5. The Balaban J connectivity index is 0.000000243. The van der Waals surface area contributed by atoms with Crippen molar-refractivity contribution in [2.75, 3.05) is 6.61 Å². The molecule has 0 radical (unpaired) electrons. The van der Waals surface area contributed by atoms with Gasteiger partial charge in [0.2, 0.25) is 0 Å². The fourth-order valence-corrected chi connectivity index (χ4v) is 2.11. The first-order chi connectivity index (χ1) is 11.2. The largest absolute Gasteiger partial charge is 0.492 e. The molecule has 2 rings (SSSR count). The zero-order valence-corrected chi connectivity index (χ0v) is 15.1. The number of hydrogen-bond acceptors (Lipinski definition) is 5. The molecular formula is C16H21ClN2O4S. The first-order valence-electron chi connectivity index (χ1n) is 7.22. The Bertz CT molecular complexity index is 717. The number of benzene rings is 1. The summed E-state index contributed by atoms with van der Waals surface area (Å²) in [6.07, 6.45) is 2.44. The van der Waals surface area contributed by atoms with Crippen LogP contribution in [0.4, 0.5) is 0 Å². The van der Waals surface area contributed by atoms with Crippen LogP contribution in [-0.4, -0.2) is 30.6 Å². The lowest BCUT2D eigenvalue weighted by atomic mass is 10.2. The normalized spacial score (nSPS) is 12.0. The number of nitrogens with two attached hydrogens (primary N) is 1. The second-order valence-corrected chi connectivity index (χ2v) is 7.03. The van der Waals surface area contributed by atoms with Crippen LogP contribution < -0.4 is 10.5 Å². The first-order valence-corrected chi connectivity index (χ1v) is 9.04. The van der Waals surface area contributed by atoms with E-state index in [9.17, 15) is 8.42 Å². The maximum absolute atomic E-state index is 10.5. The van der Waals surface area contributed by atoms with Gasteiger partial charge in [0.25, 0.3) is 10.1 Å². The molecule has 1 aromatic carbocycles. The van der Waals surface area contributed by atoms with Gasteiger partial charge in [-0.15, -0.1) is 0 Å². The minimum absolute atomic E-state index is 0.0666. The minimum atomic E-state index is -4.02. The van der Waals surface area contributed by atoms with Crippen molar-refractivity contribution in [1.29, 1.82) is 0 Å². The van der Waals surface area contributed by atoms with Crippen molar-refractivity contribution in [2.24, 2.45) is 5.73 Å². The van der Waals surface area contributed by atoms with E-state index in [2.05, 4.69) is 4.98 Å². The summed E-state index contributed by atoms with van der Waals surface area (Å²) in [6.45, 7) is 4.40. The van der Waals surface area contributed by atoms with Gasteiger partial charge in [-0.3, -0.25) is 4.55 Å². The molecule has 0 aliphatic heterocycles. The zero-order valence-electron chi connectivity index (χ0n) is 13.5. The van der Waals surface area contributed by atoms with Gasteiger partial charge in [-0.05, 0) is 44.5 Å². The third-order valence-corrected chi connectivity index (χ3v) is 3.95. The van der Waals surface area contributed by atoms with Crippen molar-refractivity contribution in [2.45, 2.75) is 31.2 Å². The maximum atomic E-state index is 10.5. The molecule has 3 N–H and O–H groups in total. The van der Waals surface area contributed by atoms with E-state index in [4.69, 9.17) is 26.6 Å². The fraction of sp³-hybridized carbons (Fsp3) is 0.312. The lowest BCUT2D eigenvalue weighted by Crippen LogP contribution is -2.18. The van der Waals surface area contributed by atoms with Crippen LogP contribution in [0.25, 0.3) is 0 Å². The molecule has 2 aromatic rings. The van der Waals surface area contributed by atoms with Crippen molar-refractivity contribution < 1.29 is 17.7 Å². The molecule has 0 amide bonds. The van der Waals surface area contributed by atoms with Crippen molar-refractivity contribution >= 4 is 21.7 Å². The van der Waals surface area contributed by atoms with Gasteiger partial charge >= 0.3 is 0 Å². The first kappa shape index (κ1) is 20.4. The van der Waals surface area contributed by atoms with Gasteiger partial charge in [0.15, 0.2) is 0 Å². The Morgan fingerprint density at radius 1 is 1.25 bits per heavy atom. The van der Waals surface area contributed by atoms with Crippen molar-refractivity contribution in [3.63, 3.8) is 0 Å². The summed E-state index contributed by atoms with van der Waals surface area (Å²) >= 11 is 5.61. The molecule has 24 heavy (non-hydrogen) atoms. The second kappa shape index (κ2) is 9.58. The molecule has 0 saturated carbocycles. The molecule has 0 fully saturated rings. The zero-order chi connectivity index (χ0) is 18.2. The van der Waals surface area contributed by atoms with Crippen LogP contribution in [0, 0.1) is 6.92 Å². The van der Waals surface area contributed by atoms with Gasteiger partial charge in [-0.25, -0.2) is 4.98 Å². The summed E-state index contributed by atoms with van der Waals surface area (Å²) in [4.78, 5) is 3.82. The van der Waals surface area contributed by atoms with Crippen molar-refractivity contribution in [3.8, 4) is 5.75 Å². The predicted octanol–water partition coefficient (Wildman–Crippen LogP) is 3.09. The number of nitrogens with zero attached hydrogens (tertiary/aromatic N) is 1. The lowest BCUT2D eigenvalue weighted by molar-refractivity contribution is 0.300. The van der Waals surface area contributed by atoms with Crippen LogP contribution in [0.3, 0.4) is 0 Å². The maximum Gasteiger partial charge on any atom is 0.294 e. The molecule has 1 aromatic heterocycles. The van der Waals surface area contributed by atoms with E-state index in [1.54, 1.807) is 30.5 Å². The molecule has 1 unspecified atom stereocenters. The van der Waals surface area contributed by atoms with Crippen molar-refractivity contribution in [3.05, 3.63) is 53.3 Å². The minimum Gasteiger partial charge on any atom is -0.492 e. The second-order valence-electron chi connectivity index (χ2n) is 5.22. The molecule has 8 heteroatoms. The quantitative estimate of drug-likeness (QED) is 0.617. The van der Waals surface area contributed by atoms with Gasteiger partial charge < -0.3 is 10.5 Å². The van der Waals surface area contributed by atoms with E-state index in [0.717, 1.165) is 17.7 Å². The van der Waals surface area contributed by atoms with E-state index < -0.39 is 10.1 Å². The molecule has 1 atom stereocenters. The SMILES string of the molecule is CC(N)CCOc1ccc(Cl)nc1.Cc1ccc(S(=O)(=O)O)cc1. The molecule has 132 valence electrons. The molecular weight excluding hydrogens is 352 g/mol. The third-order valence-electron chi connectivity index (χ3n) is 2.86. The van der Waals surface area contributed by atoms with Crippen LogP contribution in [0.2, 0.25) is 5.15 Å². The van der Waals surface area contributed by atoms with Gasteiger partial charge in [0, 0.05) is 6.04 Å². The van der Waals surface area contributed by atoms with Gasteiger partial charge in [0.1, 0.15) is 10.9 Å². The van der Waals surface area contributed by atoms with Gasteiger partial charge in [-0.2, -0.15) is 8.42 Å². The van der Waals surface area contributed by atoms with Crippen molar-refractivity contribution in [1.82, 2.24) is 4.98 Å². The molecule has 0 aliphatic carbocycles. The van der Waals surface area contributed by atoms with Gasteiger partial charge in [-0.1, -0.05) is 29.3 Å². The standard InChI is InChI=1S/C9H13ClN2O.C7H8O3S/c1-7(11)4-5-13-8-2-3-9(10)12-6-8;1-6-2-4-7(5-3-6)11(8,9)10/h2-3,6-7H,4-5,11H2,1H3;2-5H,1H3,(H,8,9,10). The van der Waals surface area contributed by atoms with E-state index in [1.807, 2.05) is 13.8 Å². The van der Waals surface area contributed by atoms with E-state index in [-0.39, 0.29) is 10.9 Å². The lowest BCUT2D eigenvalue weighted by Gasteiger charge is -2.07. The number of aryl methyl sites for hydroxylation is 1. The Kier molecular flexibility index (Phi) is 8.14. The van der Waals surface area contributed by atoms with Crippen LogP contribution in [0.5, 0.6) is 5.75 Å². The average molecular weight is 373 g/mol. The number of aromatic nitrogens is 1. The summed E-state index contributed by atoms with van der Waals surface area (Å²) in [5.74, 6) is 0.727. The highest BCUT2D eigenvalue weighted by molar-refractivity contribution is 7.85. The topological polar surface area (TPSA) is 103 Å².